The molecule has 0 unspecified atom stereocenters. The number of nitrogens with zero attached hydrogens (tertiary/aromatic N) is 4. The standard InChI is InChI=1S/C30H32F3N5O3S2/c1-2-18-7-20-12-37(11-17-13-40-14-17)4-3-19(20)8-23(18)35-29-34-10-22(30(31,32)33)26(36-29)24-9-25-27(43-24)28(39)38(5-6-42-25)21-15-41-16-21/h7-10,17,21H,2-6,11-16H2,1H3,(H,34,35,36). The van der Waals surface area contributed by atoms with E-state index in [4.69, 9.17) is 9.47 Å². The lowest BCUT2D eigenvalue weighted by molar-refractivity contribution is -0.137. The van der Waals surface area contributed by atoms with Crippen molar-refractivity contribution in [2.75, 3.05) is 57.1 Å². The number of hydrogen-bond donors (Lipinski definition) is 1. The van der Waals surface area contributed by atoms with Gasteiger partial charge in [0.15, 0.2) is 0 Å². The maximum atomic E-state index is 14.2. The molecule has 0 bridgehead atoms. The van der Waals surface area contributed by atoms with Crippen LogP contribution in [0.15, 0.2) is 29.3 Å². The van der Waals surface area contributed by atoms with Gasteiger partial charge in [-0.05, 0) is 41.7 Å². The summed E-state index contributed by atoms with van der Waals surface area (Å²) < 4.78 is 53.2. The Labute approximate surface area is 256 Å². The summed E-state index contributed by atoms with van der Waals surface area (Å²) >= 11 is 2.55. The lowest BCUT2D eigenvalue weighted by atomic mass is 9.94. The molecule has 0 saturated carbocycles. The Morgan fingerprint density at radius 3 is 2.60 bits per heavy atom. The number of thioether (sulfide) groups is 1. The van der Waals surface area contributed by atoms with Gasteiger partial charge in [0.1, 0.15) is 10.4 Å². The van der Waals surface area contributed by atoms with Crippen LogP contribution in [0.2, 0.25) is 0 Å². The third-order valence-corrected chi connectivity index (χ3v) is 10.8. The van der Waals surface area contributed by atoms with Crippen molar-refractivity contribution >= 4 is 40.6 Å². The number of aryl methyl sites for hydroxylation is 1. The zero-order valence-corrected chi connectivity index (χ0v) is 25.3. The summed E-state index contributed by atoms with van der Waals surface area (Å²) in [5.41, 5.74) is 3.23. The normalized spacial score (nSPS) is 19.8. The van der Waals surface area contributed by atoms with Crippen LogP contribution < -0.4 is 5.32 Å². The van der Waals surface area contributed by atoms with Crippen LogP contribution in [0.25, 0.3) is 10.6 Å². The van der Waals surface area contributed by atoms with Crippen LogP contribution in [-0.4, -0.2) is 83.5 Å². The molecule has 1 N–H and O–H groups in total. The third kappa shape index (κ3) is 5.77. The van der Waals surface area contributed by atoms with Crippen molar-refractivity contribution in [2.24, 2.45) is 5.92 Å². The summed E-state index contributed by atoms with van der Waals surface area (Å²) in [6.07, 6.45) is -2.16. The van der Waals surface area contributed by atoms with Gasteiger partial charge in [0.25, 0.3) is 5.91 Å². The number of hydrogen-bond acceptors (Lipinski definition) is 9. The van der Waals surface area contributed by atoms with Crippen molar-refractivity contribution < 1.29 is 27.4 Å². The Balaban J connectivity index is 1.18. The summed E-state index contributed by atoms with van der Waals surface area (Å²) in [4.78, 5) is 27.6. The van der Waals surface area contributed by atoms with E-state index in [2.05, 4.69) is 39.2 Å². The van der Waals surface area contributed by atoms with E-state index in [0.717, 1.165) is 74.5 Å². The number of benzene rings is 1. The molecule has 3 aromatic rings. The molecule has 4 aliphatic heterocycles. The quantitative estimate of drug-likeness (QED) is 0.368. The van der Waals surface area contributed by atoms with Crippen molar-refractivity contribution in [3.63, 3.8) is 0 Å². The molecule has 2 aromatic heterocycles. The molecule has 13 heteroatoms. The van der Waals surface area contributed by atoms with Crippen molar-refractivity contribution in [3.05, 3.63) is 51.5 Å². The first kappa shape index (κ1) is 29.0. The molecule has 0 spiro atoms. The first-order chi connectivity index (χ1) is 20.8. The average Bonchev–Trinajstić information content (AvgIpc) is 3.30. The fraction of sp³-hybridized carbons (Fsp3) is 0.500. The Kier molecular flexibility index (Phi) is 7.87. The number of halogens is 3. The van der Waals surface area contributed by atoms with Gasteiger partial charge in [-0.25, -0.2) is 9.97 Å². The van der Waals surface area contributed by atoms with Gasteiger partial charge in [0, 0.05) is 54.6 Å². The van der Waals surface area contributed by atoms with Gasteiger partial charge in [-0.15, -0.1) is 23.1 Å². The van der Waals surface area contributed by atoms with Gasteiger partial charge >= 0.3 is 6.18 Å². The molecular formula is C30H32F3N5O3S2. The van der Waals surface area contributed by atoms with Gasteiger partial charge in [-0.3, -0.25) is 9.69 Å². The molecule has 4 aliphatic rings. The van der Waals surface area contributed by atoms with E-state index in [1.165, 1.54) is 22.9 Å². The summed E-state index contributed by atoms with van der Waals surface area (Å²) in [5, 5.41) is 3.23. The van der Waals surface area contributed by atoms with Gasteiger partial charge in [-0.1, -0.05) is 13.0 Å². The molecule has 1 aromatic carbocycles. The zero-order valence-electron chi connectivity index (χ0n) is 23.7. The summed E-state index contributed by atoms with van der Waals surface area (Å²) in [5.74, 6) is 1.20. The summed E-state index contributed by atoms with van der Waals surface area (Å²) in [6, 6.07) is 5.97. The number of carbonyl (C=O) groups is 1. The van der Waals surface area contributed by atoms with Gasteiger partial charge in [0.2, 0.25) is 5.95 Å². The number of alkyl halides is 3. The molecule has 43 heavy (non-hydrogen) atoms. The molecule has 0 radical (unpaired) electrons. The molecule has 0 atom stereocenters. The van der Waals surface area contributed by atoms with Gasteiger partial charge in [-0.2, -0.15) is 13.2 Å². The Bertz CT molecular complexity index is 1540. The molecule has 6 heterocycles. The van der Waals surface area contributed by atoms with Gasteiger partial charge < -0.3 is 19.7 Å². The predicted molar refractivity (Wildman–Crippen MR) is 159 cm³/mol. The number of anilines is 2. The number of thiophene rings is 1. The van der Waals surface area contributed by atoms with Gasteiger partial charge in [0.05, 0.1) is 43.0 Å². The van der Waals surface area contributed by atoms with Crippen LogP contribution in [0.3, 0.4) is 0 Å². The SMILES string of the molecule is CCc1cc2c(cc1Nc1ncc(C(F)(F)F)c(-c3cc4c(s3)C(=O)N(C3COC3)CCS4)n1)CCN(CC1COC1)C2. The van der Waals surface area contributed by atoms with Crippen LogP contribution >= 0.6 is 23.1 Å². The predicted octanol–water partition coefficient (Wildman–Crippen LogP) is 5.48. The molecule has 8 nitrogen and oxygen atoms in total. The fourth-order valence-electron chi connectivity index (χ4n) is 5.98. The molecule has 7 rings (SSSR count). The van der Waals surface area contributed by atoms with Crippen LogP contribution in [0, 0.1) is 5.92 Å². The monoisotopic (exact) mass is 631 g/mol. The highest BCUT2D eigenvalue weighted by molar-refractivity contribution is 7.99. The van der Waals surface area contributed by atoms with E-state index in [9.17, 15) is 18.0 Å². The minimum Gasteiger partial charge on any atom is -0.381 e. The number of ether oxygens (including phenoxy) is 2. The molecule has 228 valence electrons. The highest BCUT2D eigenvalue weighted by atomic mass is 32.2. The topological polar surface area (TPSA) is 79.8 Å². The minimum absolute atomic E-state index is 0.00925. The Morgan fingerprint density at radius 1 is 1.09 bits per heavy atom. The van der Waals surface area contributed by atoms with E-state index in [1.807, 2.05) is 0 Å². The molecule has 2 fully saturated rings. The first-order valence-electron chi connectivity index (χ1n) is 14.6. The van der Waals surface area contributed by atoms with E-state index in [0.29, 0.717) is 46.1 Å². The van der Waals surface area contributed by atoms with Crippen molar-refractivity contribution in [3.8, 4) is 10.6 Å². The lowest BCUT2D eigenvalue weighted by Gasteiger charge is -2.36. The third-order valence-electron chi connectivity index (χ3n) is 8.50. The number of fused-ring (bicyclic) bond motifs is 2. The summed E-state index contributed by atoms with van der Waals surface area (Å²) in [7, 11) is 0. The second-order valence-corrected chi connectivity index (χ2v) is 13.6. The van der Waals surface area contributed by atoms with Crippen molar-refractivity contribution in [1.29, 1.82) is 0 Å². The van der Waals surface area contributed by atoms with E-state index in [1.54, 1.807) is 11.0 Å². The Morgan fingerprint density at radius 2 is 1.91 bits per heavy atom. The highest BCUT2D eigenvalue weighted by Crippen LogP contribution is 2.44. The van der Waals surface area contributed by atoms with E-state index < -0.39 is 11.7 Å². The van der Waals surface area contributed by atoms with Crippen molar-refractivity contribution in [2.45, 2.75) is 43.4 Å². The average molecular weight is 632 g/mol. The number of carbonyl (C=O) groups excluding carboxylic acids is 1. The van der Waals surface area contributed by atoms with Crippen LogP contribution in [0.1, 0.15) is 38.8 Å². The number of aromatic nitrogens is 2. The zero-order chi connectivity index (χ0) is 29.7. The Hall–Kier alpha value is -2.71. The molecule has 2 saturated heterocycles. The molecular weight excluding hydrogens is 599 g/mol. The van der Waals surface area contributed by atoms with E-state index in [-0.39, 0.29) is 23.6 Å². The van der Waals surface area contributed by atoms with Crippen LogP contribution in [0.4, 0.5) is 24.8 Å². The maximum absolute atomic E-state index is 14.2. The van der Waals surface area contributed by atoms with Crippen LogP contribution in [0.5, 0.6) is 0 Å². The molecule has 1 amide bonds. The maximum Gasteiger partial charge on any atom is 0.420 e. The number of rotatable bonds is 7. The largest absolute Gasteiger partial charge is 0.420 e. The summed E-state index contributed by atoms with van der Waals surface area (Å²) in [6.45, 7) is 8.15. The number of nitrogens with one attached hydrogen (secondary N) is 1. The lowest BCUT2D eigenvalue weighted by Crippen LogP contribution is -2.52. The smallest absolute Gasteiger partial charge is 0.381 e. The fourth-order valence-corrected chi connectivity index (χ4v) is 8.30. The van der Waals surface area contributed by atoms with Crippen LogP contribution in [-0.2, 0) is 35.0 Å². The van der Waals surface area contributed by atoms with Crippen molar-refractivity contribution in [1.82, 2.24) is 19.8 Å². The second-order valence-electron chi connectivity index (χ2n) is 11.4. The van der Waals surface area contributed by atoms with E-state index >= 15 is 0 Å². The molecule has 0 aliphatic carbocycles. The number of amides is 1. The highest BCUT2D eigenvalue weighted by Gasteiger charge is 2.38. The second kappa shape index (κ2) is 11.7. The minimum atomic E-state index is -4.65. The first-order valence-corrected chi connectivity index (χ1v) is 16.4.